The van der Waals surface area contributed by atoms with Gasteiger partial charge < -0.3 is 4.74 Å². The van der Waals surface area contributed by atoms with Gasteiger partial charge >= 0.3 is 0 Å². The highest BCUT2D eigenvalue weighted by Crippen LogP contribution is 2.16. The molecule has 0 saturated heterocycles. The lowest BCUT2D eigenvalue weighted by atomic mass is 10.1. The van der Waals surface area contributed by atoms with Crippen LogP contribution in [-0.4, -0.2) is 6.61 Å². The summed E-state index contributed by atoms with van der Waals surface area (Å²) in [7, 11) is 0. The summed E-state index contributed by atoms with van der Waals surface area (Å²) >= 11 is 0. The van der Waals surface area contributed by atoms with E-state index in [1.54, 1.807) is 0 Å². The molecule has 0 bridgehead atoms. The van der Waals surface area contributed by atoms with Gasteiger partial charge in [-0.25, -0.2) is 0 Å². The van der Waals surface area contributed by atoms with Gasteiger partial charge in [0.25, 0.3) is 0 Å². The Labute approximate surface area is 93.5 Å². The van der Waals surface area contributed by atoms with Crippen LogP contribution in [0.15, 0.2) is 18.2 Å². The molecule has 0 aliphatic carbocycles. The third kappa shape index (κ3) is 5.80. The van der Waals surface area contributed by atoms with Crippen molar-refractivity contribution in [3.05, 3.63) is 29.3 Å². The number of terminal acetylenes is 1. The fraction of sp³-hybridized carbons (Fsp3) is 0.429. The number of ether oxygens (including phenoxy) is 1. The van der Waals surface area contributed by atoms with E-state index in [4.69, 9.17) is 4.74 Å². The van der Waals surface area contributed by atoms with Gasteiger partial charge in [0, 0.05) is 0 Å². The molecule has 1 aromatic carbocycles. The summed E-state index contributed by atoms with van der Waals surface area (Å²) in [5.74, 6) is 1.58. The predicted molar refractivity (Wildman–Crippen MR) is 66.1 cm³/mol. The molecule has 1 aromatic rings. The summed E-state index contributed by atoms with van der Waals surface area (Å²) in [6, 6.07) is 6.31. The molecule has 15 heavy (non-hydrogen) atoms. The number of rotatable bonds is 3. The number of aryl methyl sites for hydroxylation is 2. The van der Waals surface area contributed by atoms with Gasteiger partial charge in [-0.2, -0.15) is 0 Å². The van der Waals surface area contributed by atoms with Gasteiger partial charge in [-0.1, -0.05) is 19.9 Å². The molecule has 0 fully saturated rings. The van der Waals surface area contributed by atoms with E-state index in [0.29, 0.717) is 5.92 Å². The molecule has 1 heteroatoms. The van der Waals surface area contributed by atoms with E-state index >= 15 is 0 Å². The van der Waals surface area contributed by atoms with Gasteiger partial charge in [-0.15, -0.1) is 12.8 Å². The smallest absolute Gasteiger partial charge is 0.119 e. The summed E-state index contributed by atoms with van der Waals surface area (Å²) in [5, 5.41) is 0. The van der Waals surface area contributed by atoms with Crippen LogP contribution < -0.4 is 4.74 Å². The molecule has 1 rings (SSSR count). The van der Waals surface area contributed by atoms with Crippen LogP contribution in [0.25, 0.3) is 0 Å². The highest BCUT2D eigenvalue weighted by molar-refractivity contribution is 5.32. The Morgan fingerprint density at radius 3 is 1.93 bits per heavy atom. The second-order valence-electron chi connectivity index (χ2n) is 4.03. The van der Waals surface area contributed by atoms with E-state index in [1.807, 2.05) is 0 Å². The summed E-state index contributed by atoms with van der Waals surface area (Å²) in [6.07, 6.45) is 8.00. The Morgan fingerprint density at radius 1 is 1.07 bits per heavy atom. The lowest BCUT2D eigenvalue weighted by Crippen LogP contribution is -2.04. The van der Waals surface area contributed by atoms with Crippen molar-refractivity contribution >= 4 is 0 Å². The van der Waals surface area contributed by atoms with Gasteiger partial charge in [-0.3, -0.25) is 0 Å². The normalized spacial score (nSPS) is 9.27. The number of hydrogen-bond acceptors (Lipinski definition) is 1. The first-order chi connectivity index (χ1) is 7.08. The summed E-state index contributed by atoms with van der Waals surface area (Å²) in [4.78, 5) is 0. The number of benzene rings is 1. The maximum Gasteiger partial charge on any atom is 0.119 e. The Hall–Kier alpha value is -1.42. The molecule has 0 aliphatic heterocycles. The monoisotopic (exact) mass is 204 g/mol. The van der Waals surface area contributed by atoms with Crippen molar-refractivity contribution < 1.29 is 4.74 Å². The van der Waals surface area contributed by atoms with Crippen molar-refractivity contribution in [2.45, 2.75) is 27.7 Å². The van der Waals surface area contributed by atoms with Crippen molar-refractivity contribution in [1.29, 1.82) is 0 Å². The Kier molecular flexibility index (Phi) is 6.29. The minimum absolute atomic E-state index is 0.584. The predicted octanol–water partition coefficient (Wildman–Crippen LogP) is 3.59. The zero-order valence-corrected chi connectivity index (χ0v) is 10.1. The largest absolute Gasteiger partial charge is 0.493 e. The average molecular weight is 204 g/mol. The van der Waals surface area contributed by atoms with Crippen LogP contribution in [0.4, 0.5) is 0 Å². The molecule has 0 heterocycles. The quantitative estimate of drug-likeness (QED) is 0.684. The molecule has 0 unspecified atom stereocenters. The fourth-order valence-corrected chi connectivity index (χ4v) is 1.28. The first kappa shape index (κ1) is 13.6. The third-order valence-corrected chi connectivity index (χ3v) is 1.78. The van der Waals surface area contributed by atoms with E-state index in [-0.39, 0.29) is 0 Å². The minimum Gasteiger partial charge on any atom is -0.493 e. The van der Waals surface area contributed by atoms with Crippen LogP contribution in [0.2, 0.25) is 0 Å². The van der Waals surface area contributed by atoms with Gasteiger partial charge in [0.2, 0.25) is 0 Å². The highest BCUT2D eigenvalue weighted by atomic mass is 16.5. The maximum absolute atomic E-state index is 5.63. The zero-order valence-electron chi connectivity index (χ0n) is 10.1. The molecule has 1 nitrogen and oxygen atoms in total. The second kappa shape index (κ2) is 6.95. The molecule has 0 aliphatic rings. The Balaban J connectivity index is 0.000000921. The summed E-state index contributed by atoms with van der Waals surface area (Å²) in [5.41, 5.74) is 2.53. The third-order valence-electron chi connectivity index (χ3n) is 1.78. The highest BCUT2D eigenvalue weighted by Gasteiger charge is 1.98. The molecule has 0 N–H and O–H groups in total. The van der Waals surface area contributed by atoms with Crippen LogP contribution in [0, 0.1) is 32.6 Å². The first-order valence-electron chi connectivity index (χ1n) is 5.12. The molecule has 0 aromatic heterocycles. The topological polar surface area (TPSA) is 9.23 Å². The molecule has 0 saturated carbocycles. The lowest BCUT2D eigenvalue weighted by Gasteiger charge is -2.09. The van der Waals surface area contributed by atoms with E-state index < -0.39 is 0 Å². The van der Waals surface area contributed by atoms with Crippen molar-refractivity contribution in [3.63, 3.8) is 0 Å². The molecule has 0 spiro atoms. The SMILES string of the molecule is C#C.Cc1cc(C)cc(OCC(C)C)c1. The molecule has 0 amide bonds. The Morgan fingerprint density at radius 2 is 1.53 bits per heavy atom. The van der Waals surface area contributed by atoms with Crippen LogP contribution in [0.3, 0.4) is 0 Å². The van der Waals surface area contributed by atoms with Gasteiger partial charge in [0.05, 0.1) is 6.61 Å². The van der Waals surface area contributed by atoms with Gasteiger partial charge in [0.1, 0.15) is 5.75 Å². The zero-order chi connectivity index (χ0) is 11.8. The standard InChI is InChI=1S/C12H18O.C2H2/c1-9(2)8-13-12-6-10(3)5-11(4)7-12;1-2/h5-7,9H,8H2,1-4H3;1-2H. The summed E-state index contributed by atoms with van der Waals surface area (Å²) in [6.45, 7) is 9.29. The van der Waals surface area contributed by atoms with Crippen molar-refractivity contribution in [2.75, 3.05) is 6.61 Å². The van der Waals surface area contributed by atoms with Crippen LogP contribution >= 0.6 is 0 Å². The van der Waals surface area contributed by atoms with E-state index in [2.05, 4.69) is 58.7 Å². The molecule has 0 radical (unpaired) electrons. The fourth-order valence-electron chi connectivity index (χ4n) is 1.28. The minimum atomic E-state index is 0.584. The van der Waals surface area contributed by atoms with Crippen molar-refractivity contribution in [3.8, 4) is 18.6 Å². The maximum atomic E-state index is 5.63. The van der Waals surface area contributed by atoms with Crippen molar-refractivity contribution in [2.24, 2.45) is 5.92 Å². The van der Waals surface area contributed by atoms with Crippen LogP contribution in [0.1, 0.15) is 25.0 Å². The Bertz CT molecular complexity index is 290. The van der Waals surface area contributed by atoms with E-state index in [1.165, 1.54) is 11.1 Å². The van der Waals surface area contributed by atoms with Gasteiger partial charge in [0.15, 0.2) is 0 Å². The van der Waals surface area contributed by atoms with Crippen LogP contribution in [-0.2, 0) is 0 Å². The summed E-state index contributed by atoms with van der Waals surface area (Å²) < 4.78 is 5.63. The lowest BCUT2D eigenvalue weighted by molar-refractivity contribution is 0.271. The molecular formula is C14H20O. The van der Waals surface area contributed by atoms with Crippen molar-refractivity contribution in [1.82, 2.24) is 0 Å². The molecule has 82 valence electrons. The molecular weight excluding hydrogens is 184 g/mol. The average Bonchev–Trinajstić information content (AvgIpc) is 2.16. The number of hydrogen-bond donors (Lipinski definition) is 0. The second-order valence-corrected chi connectivity index (χ2v) is 4.03. The first-order valence-corrected chi connectivity index (χ1v) is 5.12. The van der Waals surface area contributed by atoms with E-state index in [0.717, 1.165) is 12.4 Å². The van der Waals surface area contributed by atoms with E-state index in [9.17, 15) is 0 Å². The van der Waals surface area contributed by atoms with Crippen LogP contribution in [0.5, 0.6) is 5.75 Å². The van der Waals surface area contributed by atoms with Gasteiger partial charge in [-0.05, 0) is 43.0 Å². The molecule has 0 atom stereocenters.